The molecular weight excluding hydrogens is 292 g/mol. The number of hydrogen-bond donors (Lipinski definition) is 0. The Morgan fingerprint density at radius 2 is 2.38 bits per heavy atom. The van der Waals surface area contributed by atoms with Crippen LogP contribution in [0.25, 0.3) is 0 Å². The van der Waals surface area contributed by atoms with Crippen molar-refractivity contribution in [1.82, 2.24) is 19.8 Å². The van der Waals surface area contributed by atoms with E-state index in [-0.39, 0.29) is 11.9 Å². The number of amides is 1. The fraction of sp³-hybridized carbons (Fsp3) is 0.500. The van der Waals surface area contributed by atoms with Gasteiger partial charge in [0.05, 0.1) is 17.3 Å². The van der Waals surface area contributed by atoms with Crippen molar-refractivity contribution in [2.75, 3.05) is 6.54 Å². The number of aromatic nitrogens is 3. The van der Waals surface area contributed by atoms with Crippen LogP contribution in [-0.2, 0) is 6.54 Å². The fourth-order valence-electron chi connectivity index (χ4n) is 2.81. The summed E-state index contributed by atoms with van der Waals surface area (Å²) in [5, 5.41) is 8.58. The minimum atomic E-state index is -0.0949. The van der Waals surface area contributed by atoms with Gasteiger partial charge in [-0.1, -0.05) is 16.8 Å². The van der Waals surface area contributed by atoms with Crippen LogP contribution in [0.3, 0.4) is 0 Å². The lowest BCUT2D eigenvalue weighted by molar-refractivity contribution is 0.0718. The van der Waals surface area contributed by atoms with Crippen molar-refractivity contribution in [3.8, 4) is 0 Å². The zero-order valence-electron chi connectivity index (χ0n) is 12.0. The summed E-state index contributed by atoms with van der Waals surface area (Å²) in [5.74, 6) is 0.656. The summed E-state index contributed by atoms with van der Waals surface area (Å²) in [6, 6.07) is 1.83. The summed E-state index contributed by atoms with van der Waals surface area (Å²) in [6.07, 6.45) is 3.35. The molecule has 0 N–H and O–H groups in total. The van der Waals surface area contributed by atoms with Gasteiger partial charge in [-0.15, -0.1) is 0 Å². The third-order valence-electron chi connectivity index (χ3n) is 3.80. The van der Waals surface area contributed by atoms with Crippen LogP contribution in [0.5, 0.6) is 0 Å². The molecule has 3 heterocycles. The van der Waals surface area contributed by atoms with E-state index in [0.717, 1.165) is 24.3 Å². The molecule has 0 radical (unpaired) electrons. The fourth-order valence-corrected chi connectivity index (χ4v) is 3.03. The molecule has 0 bridgehead atoms. The van der Waals surface area contributed by atoms with Crippen LogP contribution in [0.15, 0.2) is 16.8 Å². The van der Waals surface area contributed by atoms with E-state index in [2.05, 4.69) is 10.3 Å². The molecule has 21 heavy (non-hydrogen) atoms. The summed E-state index contributed by atoms with van der Waals surface area (Å²) in [5.41, 5.74) is 1.25. The molecule has 6 nitrogen and oxygen atoms in total. The third kappa shape index (κ3) is 2.44. The summed E-state index contributed by atoms with van der Waals surface area (Å²) in [4.78, 5) is 14.6. The molecular formula is C14H17ClN4O2. The first-order chi connectivity index (χ1) is 10.1. The van der Waals surface area contributed by atoms with Crippen LogP contribution in [0.2, 0.25) is 5.02 Å². The number of hydrogen-bond acceptors (Lipinski definition) is 4. The lowest BCUT2D eigenvalue weighted by Crippen LogP contribution is -2.32. The summed E-state index contributed by atoms with van der Waals surface area (Å²) >= 11 is 6.13. The number of carbonyl (C=O) groups excluding carboxylic acids is 1. The van der Waals surface area contributed by atoms with E-state index in [1.54, 1.807) is 4.68 Å². The standard InChI is InChI=1S/C14H17ClN4O2/c1-3-19-13(10(15)8-16-19)14(20)18-6-4-5-12(18)11-7-9(2)21-17-11/h7-8,12H,3-6H2,1-2H3. The highest BCUT2D eigenvalue weighted by Crippen LogP contribution is 2.33. The second-order valence-corrected chi connectivity index (χ2v) is 5.58. The Morgan fingerprint density at radius 3 is 3.05 bits per heavy atom. The Labute approximate surface area is 127 Å². The molecule has 1 aliphatic rings. The van der Waals surface area contributed by atoms with Gasteiger partial charge in [0.1, 0.15) is 17.1 Å². The number of rotatable bonds is 3. The van der Waals surface area contributed by atoms with Crippen molar-refractivity contribution in [2.24, 2.45) is 0 Å². The van der Waals surface area contributed by atoms with Crippen molar-refractivity contribution >= 4 is 17.5 Å². The molecule has 2 aromatic rings. The van der Waals surface area contributed by atoms with Crippen LogP contribution in [0.1, 0.15) is 47.7 Å². The van der Waals surface area contributed by atoms with Gasteiger partial charge >= 0.3 is 0 Å². The molecule has 1 saturated heterocycles. The van der Waals surface area contributed by atoms with Gasteiger partial charge < -0.3 is 9.42 Å². The molecule has 1 atom stereocenters. The second kappa shape index (κ2) is 5.52. The van der Waals surface area contributed by atoms with Gasteiger partial charge in [-0.2, -0.15) is 5.10 Å². The number of carbonyl (C=O) groups is 1. The highest BCUT2D eigenvalue weighted by atomic mass is 35.5. The monoisotopic (exact) mass is 308 g/mol. The van der Waals surface area contributed by atoms with Gasteiger partial charge in [-0.25, -0.2) is 0 Å². The van der Waals surface area contributed by atoms with E-state index in [1.807, 2.05) is 24.8 Å². The van der Waals surface area contributed by atoms with Gasteiger partial charge in [0, 0.05) is 19.2 Å². The Bertz CT molecular complexity index is 664. The highest BCUT2D eigenvalue weighted by molar-refractivity contribution is 6.33. The van der Waals surface area contributed by atoms with E-state index in [4.69, 9.17) is 16.1 Å². The predicted molar refractivity (Wildman–Crippen MR) is 77.2 cm³/mol. The van der Waals surface area contributed by atoms with E-state index in [1.165, 1.54) is 6.20 Å². The van der Waals surface area contributed by atoms with Crippen molar-refractivity contribution in [3.63, 3.8) is 0 Å². The maximum absolute atomic E-state index is 12.8. The van der Waals surface area contributed by atoms with Gasteiger partial charge in [-0.3, -0.25) is 9.48 Å². The largest absolute Gasteiger partial charge is 0.361 e. The van der Waals surface area contributed by atoms with E-state index < -0.39 is 0 Å². The number of nitrogens with zero attached hydrogens (tertiary/aromatic N) is 4. The first-order valence-corrected chi connectivity index (χ1v) is 7.45. The van der Waals surface area contributed by atoms with Crippen LogP contribution in [0.4, 0.5) is 0 Å². The topological polar surface area (TPSA) is 64.2 Å². The average molecular weight is 309 g/mol. The Kier molecular flexibility index (Phi) is 3.71. The Morgan fingerprint density at radius 1 is 1.57 bits per heavy atom. The number of likely N-dealkylation sites (tertiary alicyclic amines) is 1. The number of aryl methyl sites for hydroxylation is 2. The van der Waals surface area contributed by atoms with Crippen LogP contribution in [0, 0.1) is 6.92 Å². The van der Waals surface area contributed by atoms with Gasteiger partial charge in [0.15, 0.2) is 0 Å². The molecule has 0 saturated carbocycles. The smallest absolute Gasteiger partial charge is 0.274 e. The highest BCUT2D eigenvalue weighted by Gasteiger charge is 2.34. The van der Waals surface area contributed by atoms with Gasteiger partial charge in [-0.05, 0) is 26.7 Å². The van der Waals surface area contributed by atoms with E-state index in [9.17, 15) is 4.79 Å². The minimum absolute atomic E-state index is 0.0498. The van der Waals surface area contributed by atoms with Gasteiger partial charge in [0.25, 0.3) is 5.91 Å². The molecule has 1 amide bonds. The molecule has 2 aromatic heterocycles. The lowest BCUT2D eigenvalue weighted by Gasteiger charge is -2.23. The van der Waals surface area contributed by atoms with E-state index in [0.29, 0.717) is 23.8 Å². The summed E-state index contributed by atoms with van der Waals surface area (Å²) in [6.45, 7) is 5.08. The van der Waals surface area contributed by atoms with E-state index >= 15 is 0 Å². The molecule has 1 fully saturated rings. The zero-order chi connectivity index (χ0) is 15.0. The van der Waals surface area contributed by atoms with Crippen molar-refractivity contribution in [1.29, 1.82) is 0 Å². The first-order valence-electron chi connectivity index (χ1n) is 7.07. The number of halogens is 1. The Hall–Kier alpha value is -1.82. The maximum atomic E-state index is 12.8. The molecule has 112 valence electrons. The predicted octanol–water partition coefficient (Wildman–Crippen LogP) is 2.83. The molecule has 3 rings (SSSR count). The molecule has 0 aromatic carbocycles. The SMILES string of the molecule is CCn1ncc(Cl)c1C(=O)N1CCCC1c1cc(C)on1. The normalized spacial score (nSPS) is 18.4. The first kappa shape index (κ1) is 14.1. The van der Waals surface area contributed by atoms with Crippen molar-refractivity contribution in [2.45, 2.75) is 39.3 Å². The molecule has 0 spiro atoms. The van der Waals surface area contributed by atoms with Crippen molar-refractivity contribution in [3.05, 3.63) is 34.4 Å². The summed E-state index contributed by atoms with van der Waals surface area (Å²) in [7, 11) is 0. The molecule has 1 aliphatic heterocycles. The molecule has 0 aliphatic carbocycles. The second-order valence-electron chi connectivity index (χ2n) is 5.18. The Balaban J connectivity index is 1.91. The third-order valence-corrected chi connectivity index (χ3v) is 4.07. The van der Waals surface area contributed by atoms with Crippen LogP contribution < -0.4 is 0 Å². The quantitative estimate of drug-likeness (QED) is 0.874. The van der Waals surface area contributed by atoms with Gasteiger partial charge in [0.2, 0.25) is 0 Å². The molecule has 1 unspecified atom stereocenters. The molecule has 7 heteroatoms. The maximum Gasteiger partial charge on any atom is 0.274 e. The summed E-state index contributed by atoms with van der Waals surface area (Å²) < 4.78 is 6.77. The van der Waals surface area contributed by atoms with Crippen LogP contribution in [-0.4, -0.2) is 32.3 Å². The van der Waals surface area contributed by atoms with Crippen LogP contribution >= 0.6 is 11.6 Å². The minimum Gasteiger partial charge on any atom is -0.361 e. The lowest BCUT2D eigenvalue weighted by atomic mass is 10.1. The average Bonchev–Trinajstić information content (AvgIpc) is 3.16. The zero-order valence-corrected chi connectivity index (χ0v) is 12.8. The van der Waals surface area contributed by atoms with Crippen molar-refractivity contribution < 1.29 is 9.32 Å².